The second kappa shape index (κ2) is 4.70. The van der Waals surface area contributed by atoms with Crippen molar-refractivity contribution in [1.82, 2.24) is 9.80 Å². The Balaban J connectivity index is 2.25. The fourth-order valence-corrected chi connectivity index (χ4v) is 1.11. The number of hydrogen-bond acceptors (Lipinski definition) is 3. The molecule has 0 N–H and O–H groups in total. The van der Waals surface area contributed by atoms with Gasteiger partial charge in [-0.1, -0.05) is 0 Å². The van der Waals surface area contributed by atoms with Gasteiger partial charge in [0.25, 0.3) is 0 Å². The molecule has 1 aliphatic heterocycles. The van der Waals surface area contributed by atoms with Crippen LogP contribution in [0.3, 0.4) is 0 Å². The van der Waals surface area contributed by atoms with Crippen LogP contribution in [0.4, 0.5) is 0 Å². The van der Waals surface area contributed by atoms with Crippen molar-refractivity contribution in [3.05, 3.63) is 0 Å². The Bertz CT molecular complexity index is 96.3. The lowest BCUT2D eigenvalue weighted by Gasteiger charge is -2.18. The van der Waals surface area contributed by atoms with E-state index in [-0.39, 0.29) is 0 Å². The zero-order chi connectivity index (χ0) is 8.10. The zero-order valence-corrected chi connectivity index (χ0v) is 7.55. The number of ether oxygens (including phenoxy) is 1. The molecule has 66 valence electrons. The van der Waals surface area contributed by atoms with E-state index in [1.165, 1.54) is 0 Å². The molecular weight excluding hydrogens is 140 g/mol. The van der Waals surface area contributed by atoms with Crippen molar-refractivity contribution in [3.63, 3.8) is 0 Å². The number of rotatable bonds is 0. The Morgan fingerprint density at radius 1 is 0.818 bits per heavy atom. The van der Waals surface area contributed by atoms with Crippen molar-refractivity contribution < 1.29 is 4.74 Å². The summed E-state index contributed by atoms with van der Waals surface area (Å²) >= 11 is 0. The molecule has 1 saturated heterocycles. The highest BCUT2D eigenvalue weighted by molar-refractivity contribution is 4.58. The summed E-state index contributed by atoms with van der Waals surface area (Å²) in [4.78, 5) is 4.61. The second-order valence-corrected chi connectivity index (χ2v) is 3.22. The molecule has 0 aromatic heterocycles. The third-order valence-electron chi connectivity index (χ3n) is 2.10. The summed E-state index contributed by atoms with van der Waals surface area (Å²) in [6, 6.07) is 0. The zero-order valence-electron chi connectivity index (χ0n) is 7.55. The molecule has 0 aromatic carbocycles. The van der Waals surface area contributed by atoms with Gasteiger partial charge in [0.2, 0.25) is 0 Å². The van der Waals surface area contributed by atoms with Gasteiger partial charge in [-0.25, -0.2) is 0 Å². The van der Waals surface area contributed by atoms with Gasteiger partial charge in [-0.2, -0.15) is 0 Å². The Morgan fingerprint density at radius 3 is 1.73 bits per heavy atom. The number of hydrogen-bond donors (Lipinski definition) is 0. The molecule has 11 heavy (non-hydrogen) atoms. The average Bonchev–Trinajstić information content (AvgIpc) is 2.06. The Morgan fingerprint density at radius 2 is 1.27 bits per heavy atom. The lowest BCUT2D eigenvalue weighted by atomic mass is 10.5. The molecule has 0 bridgehead atoms. The predicted molar refractivity (Wildman–Crippen MR) is 45.8 cm³/mol. The van der Waals surface area contributed by atoms with Crippen molar-refractivity contribution in [2.45, 2.75) is 0 Å². The van der Waals surface area contributed by atoms with Crippen molar-refractivity contribution in [3.8, 4) is 0 Å². The fraction of sp³-hybridized carbons (Fsp3) is 1.00. The van der Waals surface area contributed by atoms with Crippen LogP contribution in [0.5, 0.6) is 0 Å². The van der Waals surface area contributed by atoms with Gasteiger partial charge in [0.15, 0.2) is 0 Å². The van der Waals surface area contributed by atoms with Crippen LogP contribution in [0, 0.1) is 0 Å². The van der Waals surface area contributed by atoms with Gasteiger partial charge in [-0.3, -0.25) is 0 Å². The molecule has 0 unspecified atom stereocenters. The highest BCUT2D eigenvalue weighted by Gasteiger charge is 2.04. The fourth-order valence-electron chi connectivity index (χ4n) is 1.11. The van der Waals surface area contributed by atoms with Gasteiger partial charge in [-0.05, 0) is 14.1 Å². The SMILES string of the molecule is CN1CCOCCN(C)CC1. The van der Waals surface area contributed by atoms with Crippen molar-refractivity contribution in [1.29, 1.82) is 0 Å². The van der Waals surface area contributed by atoms with Crippen LogP contribution in [0.1, 0.15) is 0 Å². The van der Waals surface area contributed by atoms with Crippen LogP contribution < -0.4 is 0 Å². The van der Waals surface area contributed by atoms with E-state index in [9.17, 15) is 0 Å². The molecule has 0 aliphatic carbocycles. The first kappa shape index (κ1) is 8.97. The van der Waals surface area contributed by atoms with Gasteiger partial charge >= 0.3 is 0 Å². The van der Waals surface area contributed by atoms with Crippen LogP contribution in [-0.4, -0.2) is 63.3 Å². The first-order valence-electron chi connectivity index (χ1n) is 4.24. The molecule has 0 radical (unpaired) electrons. The van der Waals surface area contributed by atoms with Crippen molar-refractivity contribution in [2.75, 3.05) is 53.5 Å². The number of nitrogens with zero attached hydrogens (tertiary/aromatic N) is 2. The van der Waals surface area contributed by atoms with E-state index in [1.54, 1.807) is 0 Å². The van der Waals surface area contributed by atoms with Gasteiger partial charge in [0.1, 0.15) is 0 Å². The first-order valence-corrected chi connectivity index (χ1v) is 4.24. The van der Waals surface area contributed by atoms with E-state index in [0.717, 1.165) is 39.4 Å². The van der Waals surface area contributed by atoms with Gasteiger partial charge < -0.3 is 14.5 Å². The standard InChI is InChI=1S/C8H18N2O/c1-9-3-4-10(2)6-8-11-7-5-9/h3-8H2,1-2H3. The van der Waals surface area contributed by atoms with Crippen LogP contribution in [0.2, 0.25) is 0 Å². The first-order chi connectivity index (χ1) is 5.29. The highest BCUT2D eigenvalue weighted by atomic mass is 16.5. The van der Waals surface area contributed by atoms with Crippen molar-refractivity contribution in [2.24, 2.45) is 0 Å². The maximum Gasteiger partial charge on any atom is 0.0593 e. The van der Waals surface area contributed by atoms with Crippen LogP contribution in [0.15, 0.2) is 0 Å². The van der Waals surface area contributed by atoms with Crippen LogP contribution in [-0.2, 0) is 4.74 Å². The molecule has 0 spiro atoms. The summed E-state index contributed by atoms with van der Waals surface area (Å²) in [6.45, 7) is 6.19. The summed E-state index contributed by atoms with van der Waals surface area (Å²) < 4.78 is 5.41. The van der Waals surface area contributed by atoms with Gasteiger partial charge in [0, 0.05) is 26.2 Å². The summed E-state index contributed by atoms with van der Waals surface area (Å²) in [6.07, 6.45) is 0. The van der Waals surface area contributed by atoms with Gasteiger partial charge in [0.05, 0.1) is 13.2 Å². The molecule has 1 heterocycles. The average molecular weight is 158 g/mol. The van der Waals surface area contributed by atoms with Crippen LogP contribution >= 0.6 is 0 Å². The van der Waals surface area contributed by atoms with E-state index in [0.29, 0.717) is 0 Å². The van der Waals surface area contributed by atoms with E-state index >= 15 is 0 Å². The van der Waals surface area contributed by atoms with E-state index < -0.39 is 0 Å². The second-order valence-electron chi connectivity index (χ2n) is 3.22. The third-order valence-corrected chi connectivity index (χ3v) is 2.10. The summed E-state index contributed by atoms with van der Waals surface area (Å²) in [5.74, 6) is 0. The highest BCUT2D eigenvalue weighted by Crippen LogP contribution is 1.91. The summed E-state index contributed by atoms with van der Waals surface area (Å²) in [5.41, 5.74) is 0. The molecule has 3 nitrogen and oxygen atoms in total. The van der Waals surface area contributed by atoms with E-state index in [1.807, 2.05) is 0 Å². The minimum absolute atomic E-state index is 0.879. The molecule has 0 saturated carbocycles. The lowest BCUT2D eigenvalue weighted by Crippen LogP contribution is -2.31. The molecule has 0 amide bonds. The Labute approximate surface area is 68.9 Å². The minimum atomic E-state index is 0.879. The number of likely N-dealkylation sites (N-methyl/N-ethyl adjacent to an activating group) is 2. The quantitative estimate of drug-likeness (QED) is 0.489. The minimum Gasteiger partial charge on any atom is -0.379 e. The summed E-state index contributed by atoms with van der Waals surface area (Å²) in [5, 5.41) is 0. The van der Waals surface area contributed by atoms with E-state index in [2.05, 4.69) is 23.9 Å². The molecule has 1 aliphatic rings. The van der Waals surface area contributed by atoms with Crippen LogP contribution in [0.25, 0.3) is 0 Å². The smallest absolute Gasteiger partial charge is 0.0593 e. The van der Waals surface area contributed by atoms with Crippen molar-refractivity contribution >= 4 is 0 Å². The Hall–Kier alpha value is -0.120. The molecule has 0 atom stereocenters. The maximum atomic E-state index is 5.41. The van der Waals surface area contributed by atoms with E-state index in [4.69, 9.17) is 4.74 Å². The molecule has 0 aromatic rings. The predicted octanol–water partition coefficient (Wildman–Crippen LogP) is -0.120. The molecule has 1 rings (SSSR count). The molecular formula is C8H18N2O. The normalized spacial score (nSPS) is 25.6. The Kier molecular flexibility index (Phi) is 3.83. The van der Waals surface area contributed by atoms with Gasteiger partial charge in [-0.15, -0.1) is 0 Å². The molecule has 3 heteroatoms. The summed E-state index contributed by atoms with van der Waals surface area (Å²) in [7, 11) is 4.28. The third kappa shape index (κ3) is 3.70. The largest absolute Gasteiger partial charge is 0.379 e. The topological polar surface area (TPSA) is 15.7 Å². The monoisotopic (exact) mass is 158 g/mol. The maximum absolute atomic E-state index is 5.41. The lowest BCUT2D eigenvalue weighted by molar-refractivity contribution is 0.113. The molecule has 1 fully saturated rings.